The van der Waals surface area contributed by atoms with E-state index in [-0.39, 0.29) is 21.6 Å². The van der Waals surface area contributed by atoms with E-state index in [0.29, 0.717) is 26.3 Å². The monoisotopic (exact) mass is 608 g/mol. The molecule has 1 aliphatic rings. The number of hydrogen-bond acceptors (Lipinski definition) is 6. The lowest BCUT2D eigenvalue weighted by Gasteiger charge is -2.16. The van der Waals surface area contributed by atoms with Crippen LogP contribution in [0.25, 0.3) is 6.08 Å². The fourth-order valence-electron chi connectivity index (χ4n) is 3.79. The number of aryl methyl sites for hydroxylation is 2. The summed E-state index contributed by atoms with van der Waals surface area (Å²) in [5.74, 6) is -0.270. The smallest absolute Gasteiger partial charge is 0.339 e. The first-order valence-corrected chi connectivity index (χ1v) is 15.0. The van der Waals surface area contributed by atoms with Gasteiger partial charge < -0.3 is 4.18 Å². The lowest BCUT2D eigenvalue weighted by molar-refractivity contribution is -0.113. The Kier molecular flexibility index (Phi) is 8.05. The number of aliphatic imine (C=N–C) groups is 1. The van der Waals surface area contributed by atoms with Gasteiger partial charge in [0.05, 0.1) is 21.3 Å². The molecule has 202 valence electrons. The highest BCUT2D eigenvalue weighted by atomic mass is 35.5. The van der Waals surface area contributed by atoms with Gasteiger partial charge in [-0.1, -0.05) is 64.7 Å². The average Bonchev–Trinajstić information content (AvgIpc) is 3.21. The largest absolute Gasteiger partial charge is 0.377 e. The number of halogens is 2. The number of carbonyl (C=O) groups excluding carboxylic acids is 1. The Morgan fingerprint density at radius 2 is 1.48 bits per heavy atom. The van der Waals surface area contributed by atoms with Gasteiger partial charge in [-0.3, -0.25) is 9.69 Å². The maximum absolute atomic E-state index is 13.6. The molecular weight excluding hydrogens is 587 g/mol. The van der Waals surface area contributed by atoms with Crippen molar-refractivity contribution < 1.29 is 17.4 Å². The summed E-state index contributed by atoms with van der Waals surface area (Å²) < 4.78 is 30.6. The number of amidine groups is 1. The van der Waals surface area contributed by atoms with Gasteiger partial charge in [-0.15, -0.1) is 0 Å². The average molecular weight is 610 g/mol. The van der Waals surface area contributed by atoms with Gasteiger partial charge >= 0.3 is 10.1 Å². The van der Waals surface area contributed by atoms with E-state index in [1.165, 1.54) is 42.1 Å². The SMILES string of the molecule is Cc1ccc(N=C2S/C(=C\c3ccc(OS(=O)(=O)c4ccc(Cl)cc4)c(Cl)c3)C(=O)N2c2ccc(C)cc2)cc1. The van der Waals surface area contributed by atoms with Crippen LogP contribution in [0.1, 0.15) is 16.7 Å². The fourth-order valence-corrected chi connectivity index (χ4v) is 6.14. The van der Waals surface area contributed by atoms with E-state index in [1.807, 2.05) is 62.4 Å². The quantitative estimate of drug-likeness (QED) is 0.163. The maximum atomic E-state index is 13.6. The van der Waals surface area contributed by atoms with E-state index in [4.69, 9.17) is 32.4 Å². The summed E-state index contributed by atoms with van der Waals surface area (Å²) in [6.45, 7) is 3.98. The predicted octanol–water partition coefficient (Wildman–Crippen LogP) is 8.19. The van der Waals surface area contributed by atoms with Crippen LogP contribution in [0.15, 0.2) is 106 Å². The highest BCUT2D eigenvalue weighted by molar-refractivity contribution is 8.19. The van der Waals surface area contributed by atoms with Crippen LogP contribution in [-0.2, 0) is 14.9 Å². The minimum Gasteiger partial charge on any atom is -0.377 e. The molecule has 1 aliphatic heterocycles. The summed E-state index contributed by atoms with van der Waals surface area (Å²) in [6, 6.07) is 25.6. The first-order valence-electron chi connectivity index (χ1n) is 12.0. The fraction of sp³-hybridized carbons (Fsp3) is 0.0667. The van der Waals surface area contributed by atoms with E-state index < -0.39 is 10.1 Å². The van der Waals surface area contributed by atoms with Crippen molar-refractivity contribution in [2.45, 2.75) is 18.7 Å². The zero-order valence-electron chi connectivity index (χ0n) is 21.3. The number of anilines is 1. The summed E-state index contributed by atoms with van der Waals surface area (Å²) >= 11 is 13.5. The Morgan fingerprint density at radius 3 is 2.10 bits per heavy atom. The molecule has 0 atom stereocenters. The second-order valence-corrected chi connectivity index (χ2v) is 12.4. The van der Waals surface area contributed by atoms with Gasteiger partial charge in [0.15, 0.2) is 10.9 Å². The van der Waals surface area contributed by atoms with E-state index in [2.05, 4.69) is 0 Å². The van der Waals surface area contributed by atoms with Crippen LogP contribution in [0.4, 0.5) is 11.4 Å². The third-order valence-electron chi connectivity index (χ3n) is 5.91. The van der Waals surface area contributed by atoms with Crippen molar-refractivity contribution in [3.63, 3.8) is 0 Å². The van der Waals surface area contributed by atoms with E-state index in [9.17, 15) is 13.2 Å². The molecular formula is C30H22Cl2N2O4S2. The molecule has 4 aromatic rings. The number of carbonyl (C=O) groups is 1. The molecule has 1 fully saturated rings. The van der Waals surface area contributed by atoms with Crippen molar-refractivity contribution in [2.24, 2.45) is 4.99 Å². The number of hydrogen-bond donors (Lipinski definition) is 0. The summed E-state index contributed by atoms with van der Waals surface area (Å²) in [4.78, 5) is 20.3. The highest BCUT2D eigenvalue weighted by Gasteiger charge is 2.34. The third-order valence-corrected chi connectivity index (χ3v) is 8.68. The van der Waals surface area contributed by atoms with Crippen LogP contribution < -0.4 is 9.08 Å². The molecule has 4 aromatic carbocycles. The van der Waals surface area contributed by atoms with Crippen LogP contribution in [0.5, 0.6) is 5.75 Å². The Bertz CT molecular complexity index is 1750. The molecule has 0 bridgehead atoms. The van der Waals surface area contributed by atoms with E-state index in [1.54, 1.807) is 23.1 Å². The van der Waals surface area contributed by atoms with Crippen molar-refractivity contribution >= 4 is 73.6 Å². The summed E-state index contributed by atoms with van der Waals surface area (Å²) in [6.07, 6.45) is 1.69. The van der Waals surface area contributed by atoms with Crippen molar-refractivity contribution in [1.29, 1.82) is 0 Å². The standard InChI is InChI=1S/C30H22Cl2N2O4S2/c1-19-3-10-23(11-4-19)33-30-34(24-12-5-20(2)6-13-24)29(35)28(39-30)18-21-7-16-27(26(32)17-21)38-40(36,37)25-14-8-22(31)9-15-25/h3-18H,1-2H3/b28-18-,33-30?. The molecule has 0 aliphatic carbocycles. The first kappa shape index (κ1) is 28.0. The second kappa shape index (κ2) is 11.5. The molecule has 40 heavy (non-hydrogen) atoms. The number of nitrogens with zero attached hydrogens (tertiary/aromatic N) is 2. The van der Waals surface area contributed by atoms with Crippen molar-refractivity contribution in [3.05, 3.63) is 123 Å². The van der Waals surface area contributed by atoms with Gasteiger partial charge in [-0.25, -0.2) is 4.99 Å². The lowest BCUT2D eigenvalue weighted by Crippen LogP contribution is -2.28. The molecule has 0 radical (unpaired) electrons. The molecule has 0 spiro atoms. The van der Waals surface area contributed by atoms with Gasteiger partial charge in [-0.2, -0.15) is 8.42 Å². The second-order valence-electron chi connectivity index (χ2n) is 9.00. The first-order chi connectivity index (χ1) is 19.1. The minimum atomic E-state index is -4.12. The predicted molar refractivity (Wildman–Crippen MR) is 163 cm³/mol. The summed E-state index contributed by atoms with van der Waals surface area (Å²) in [5.41, 5.74) is 4.21. The summed E-state index contributed by atoms with van der Waals surface area (Å²) in [5, 5.41) is 0.997. The number of thioether (sulfide) groups is 1. The Morgan fingerprint density at radius 1 is 0.850 bits per heavy atom. The Balaban J connectivity index is 1.45. The number of rotatable bonds is 6. The zero-order valence-corrected chi connectivity index (χ0v) is 24.5. The Labute approximate surface area is 247 Å². The molecule has 10 heteroatoms. The van der Waals surface area contributed by atoms with Crippen LogP contribution in [0.2, 0.25) is 10.0 Å². The van der Waals surface area contributed by atoms with Gasteiger partial charge in [0, 0.05) is 5.02 Å². The molecule has 1 amide bonds. The highest BCUT2D eigenvalue weighted by Crippen LogP contribution is 2.38. The molecule has 6 nitrogen and oxygen atoms in total. The molecule has 0 aromatic heterocycles. The van der Waals surface area contributed by atoms with Crippen molar-refractivity contribution in [3.8, 4) is 5.75 Å². The molecule has 1 saturated heterocycles. The van der Waals surface area contributed by atoms with Gasteiger partial charge in [0.1, 0.15) is 4.90 Å². The molecule has 1 heterocycles. The van der Waals surface area contributed by atoms with Gasteiger partial charge in [-0.05, 0) is 97.9 Å². The number of amides is 1. The Hall–Kier alpha value is -3.56. The number of benzene rings is 4. The maximum Gasteiger partial charge on any atom is 0.339 e. The molecule has 0 saturated carbocycles. The van der Waals surface area contributed by atoms with Crippen molar-refractivity contribution in [2.75, 3.05) is 4.90 Å². The van der Waals surface area contributed by atoms with Crippen molar-refractivity contribution in [1.82, 2.24) is 0 Å². The van der Waals surface area contributed by atoms with Crippen LogP contribution in [0.3, 0.4) is 0 Å². The van der Waals surface area contributed by atoms with E-state index >= 15 is 0 Å². The van der Waals surface area contributed by atoms with Crippen LogP contribution in [0, 0.1) is 13.8 Å². The van der Waals surface area contributed by atoms with Gasteiger partial charge in [0.25, 0.3) is 5.91 Å². The molecule has 5 rings (SSSR count). The minimum absolute atomic E-state index is 0.0351. The van der Waals surface area contributed by atoms with E-state index in [0.717, 1.165) is 16.8 Å². The molecule has 0 N–H and O–H groups in total. The van der Waals surface area contributed by atoms with Gasteiger partial charge in [0.2, 0.25) is 0 Å². The van der Waals surface area contributed by atoms with Crippen LogP contribution >= 0.6 is 35.0 Å². The third kappa shape index (κ3) is 6.26. The summed E-state index contributed by atoms with van der Waals surface area (Å²) in [7, 11) is -4.12. The topological polar surface area (TPSA) is 76.0 Å². The normalized spacial score (nSPS) is 15.7. The zero-order chi connectivity index (χ0) is 28.4. The van der Waals surface area contributed by atoms with Crippen LogP contribution in [-0.4, -0.2) is 19.5 Å². The molecule has 0 unspecified atom stereocenters. The lowest BCUT2D eigenvalue weighted by atomic mass is 10.2.